The van der Waals surface area contributed by atoms with Gasteiger partial charge in [-0.05, 0) is 42.8 Å². The smallest absolute Gasteiger partial charge is 0.274 e. The second kappa shape index (κ2) is 7.27. The van der Waals surface area contributed by atoms with Crippen LogP contribution in [0.4, 0.5) is 21.7 Å². The normalized spacial score (nSPS) is 10.4. The minimum absolute atomic E-state index is 0.0892. The Bertz CT molecular complexity index is 932. The van der Waals surface area contributed by atoms with Crippen LogP contribution >= 0.6 is 11.6 Å². The molecule has 0 spiro atoms. The number of para-hydroxylation sites is 1. The van der Waals surface area contributed by atoms with Gasteiger partial charge in [-0.1, -0.05) is 29.8 Å². The van der Waals surface area contributed by atoms with E-state index in [-0.39, 0.29) is 17.3 Å². The molecule has 2 aromatic carbocycles. The van der Waals surface area contributed by atoms with Crippen LogP contribution in [0.2, 0.25) is 5.02 Å². The second-order valence-electron chi connectivity index (χ2n) is 5.28. The number of aromatic nitrogens is 2. The van der Waals surface area contributed by atoms with E-state index in [0.717, 1.165) is 11.3 Å². The van der Waals surface area contributed by atoms with E-state index in [0.29, 0.717) is 5.02 Å². The van der Waals surface area contributed by atoms with Crippen LogP contribution in [0.15, 0.2) is 54.7 Å². The van der Waals surface area contributed by atoms with Crippen molar-refractivity contribution in [3.63, 3.8) is 0 Å². The number of nitrogens with zero attached hydrogens (tertiary/aromatic N) is 2. The zero-order chi connectivity index (χ0) is 17.8. The molecule has 1 heterocycles. The van der Waals surface area contributed by atoms with E-state index in [1.165, 1.54) is 24.4 Å². The molecule has 0 saturated carbocycles. The largest absolute Gasteiger partial charge is 0.324 e. The molecule has 126 valence electrons. The van der Waals surface area contributed by atoms with E-state index in [9.17, 15) is 9.18 Å². The van der Waals surface area contributed by atoms with Gasteiger partial charge in [-0.3, -0.25) is 4.79 Å². The summed E-state index contributed by atoms with van der Waals surface area (Å²) in [5.41, 5.74) is 1.89. The molecule has 2 N–H and O–H groups in total. The molecule has 0 bridgehead atoms. The molecular weight excluding hydrogens is 343 g/mol. The van der Waals surface area contributed by atoms with Gasteiger partial charge >= 0.3 is 0 Å². The van der Waals surface area contributed by atoms with Crippen molar-refractivity contribution in [1.82, 2.24) is 9.97 Å². The molecule has 0 aliphatic carbocycles. The van der Waals surface area contributed by atoms with E-state index in [4.69, 9.17) is 11.6 Å². The zero-order valence-corrected chi connectivity index (χ0v) is 14.0. The van der Waals surface area contributed by atoms with Crippen molar-refractivity contribution in [3.05, 3.63) is 76.8 Å². The zero-order valence-electron chi connectivity index (χ0n) is 13.3. The lowest BCUT2D eigenvalue weighted by molar-refractivity contribution is 0.102. The highest BCUT2D eigenvalue weighted by Gasteiger charge is 2.12. The van der Waals surface area contributed by atoms with E-state index < -0.39 is 11.7 Å². The summed E-state index contributed by atoms with van der Waals surface area (Å²) < 4.78 is 13.6. The van der Waals surface area contributed by atoms with Gasteiger partial charge in [0.25, 0.3) is 5.91 Å². The van der Waals surface area contributed by atoms with Gasteiger partial charge in [0, 0.05) is 16.9 Å². The van der Waals surface area contributed by atoms with Crippen LogP contribution < -0.4 is 10.6 Å². The van der Waals surface area contributed by atoms with E-state index in [1.54, 1.807) is 24.3 Å². The molecule has 3 aromatic rings. The Kier molecular flexibility index (Phi) is 4.90. The van der Waals surface area contributed by atoms with Gasteiger partial charge in [0.2, 0.25) is 5.95 Å². The maximum Gasteiger partial charge on any atom is 0.274 e. The van der Waals surface area contributed by atoms with Gasteiger partial charge in [0.15, 0.2) is 0 Å². The van der Waals surface area contributed by atoms with Gasteiger partial charge in [0.05, 0.1) is 5.69 Å². The molecule has 0 aliphatic rings. The summed E-state index contributed by atoms with van der Waals surface area (Å²) in [6, 6.07) is 12.8. The Balaban J connectivity index is 1.80. The summed E-state index contributed by atoms with van der Waals surface area (Å²) in [5.74, 6) is -0.803. The first-order chi connectivity index (χ1) is 12.0. The minimum atomic E-state index is -0.529. The van der Waals surface area contributed by atoms with Crippen LogP contribution in [-0.2, 0) is 0 Å². The molecule has 0 saturated heterocycles. The van der Waals surface area contributed by atoms with Crippen LogP contribution in [0.25, 0.3) is 0 Å². The predicted octanol–water partition coefficient (Wildman–Crippen LogP) is 4.57. The molecule has 1 amide bonds. The first kappa shape index (κ1) is 16.9. The predicted molar refractivity (Wildman–Crippen MR) is 95.9 cm³/mol. The highest BCUT2D eigenvalue weighted by Crippen LogP contribution is 2.22. The van der Waals surface area contributed by atoms with Gasteiger partial charge in [-0.15, -0.1) is 0 Å². The number of benzene rings is 2. The number of amides is 1. The van der Waals surface area contributed by atoms with Gasteiger partial charge in [0.1, 0.15) is 11.5 Å². The highest BCUT2D eigenvalue weighted by atomic mass is 35.5. The van der Waals surface area contributed by atoms with Crippen molar-refractivity contribution in [3.8, 4) is 0 Å². The fourth-order valence-electron chi connectivity index (χ4n) is 2.14. The summed E-state index contributed by atoms with van der Waals surface area (Å²) in [6.07, 6.45) is 1.45. The summed E-state index contributed by atoms with van der Waals surface area (Å²) in [6.45, 7) is 1.91. The van der Waals surface area contributed by atoms with Crippen LogP contribution in [0.1, 0.15) is 16.1 Å². The first-order valence-electron chi connectivity index (χ1n) is 7.45. The fraction of sp³-hybridized carbons (Fsp3) is 0.0556. The molecule has 1 aromatic heterocycles. The highest BCUT2D eigenvalue weighted by molar-refractivity contribution is 6.30. The number of rotatable bonds is 4. The van der Waals surface area contributed by atoms with Crippen LogP contribution in [0.3, 0.4) is 0 Å². The Morgan fingerprint density at radius 1 is 1.12 bits per heavy atom. The van der Waals surface area contributed by atoms with Crippen molar-refractivity contribution < 1.29 is 9.18 Å². The Morgan fingerprint density at radius 3 is 2.72 bits per heavy atom. The molecule has 0 aliphatic heterocycles. The Hall–Kier alpha value is -2.99. The molecule has 0 radical (unpaired) electrons. The summed E-state index contributed by atoms with van der Waals surface area (Å²) in [5, 5.41) is 6.08. The topological polar surface area (TPSA) is 66.9 Å². The quantitative estimate of drug-likeness (QED) is 0.718. The Labute approximate surface area is 148 Å². The molecule has 3 rings (SSSR count). The molecule has 25 heavy (non-hydrogen) atoms. The van der Waals surface area contributed by atoms with Crippen molar-refractivity contribution in [2.75, 3.05) is 10.6 Å². The minimum Gasteiger partial charge on any atom is -0.324 e. The van der Waals surface area contributed by atoms with Crippen molar-refractivity contribution in [2.45, 2.75) is 6.92 Å². The van der Waals surface area contributed by atoms with Crippen molar-refractivity contribution >= 4 is 34.8 Å². The fourth-order valence-corrected chi connectivity index (χ4v) is 2.32. The molecule has 0 atom stereocenters. The van der Waals surface area contributed by atoms with E-state index in [1.807, 2.05) is 13.0 Å². The number of carbonyl (C=O) groups is 1. The first-order valence-corrected chi connectivity index (χ1v) is 7.83. The van der Waals surface area contributed by atoms with Crippen LogP contribution in [0, 0.1) is 12.7 Å². The number of anilines is 3. The lowest BCUT2D eigenvalue weighted by atomic mass is 10.2. The lowest BCUT2D eigenvalue weighted by Gasteiger charge is -2.10. The van der Waals surface area contributed by atoms with E-state index >= 15 is 0 Å². The number of aryl methyl sites for hydroxylation is 1. The van der Waals surface area contributed by atoms with Crippen LogP contribution in [-0.4, -0.2) is 15.9 Å². The third-order valence-corrected chi connectivity index (χ3v) is 3.69. The monoisotopic (exact) mass is 356 g/mol. The lowest BCUT2D eigenvalue weighted by Crippen LogP contribution is -2.15. The molecule has 0 unspecified atom stereocenters. The summed E-state index contributed by atoms with van der Waals surface area (Å²) in [4.78, 5) is 20.5. The number of carbonyl (C=O) groups excluding carboxylic acids is 1. The average Bonchev–Trinajstić information content (AvgIpc) is 2.60. The molecular formula is C18H14ClFN4O. The van der Waals surface area contributed by atoms with Gasteiger partial charge < -0.3 is 10.6 Å². The SMILES string of the molecule is Cc1ccc(Cl)cc1Nc1nccc(C(=O)Nc2ccccc2F)n1. The van der Waals surface area contributed by atoms with Gasteiger partial charge in [-0.25, -0.2) is 14.4 Å². The maximum atomic E-state index is 13.6. The number of halogens is 2. The van der Waals surface area contributed by atoms with Crippen molar-refractivity contribution in [1.29, 1.82) is 0 Å². The maximum absolute atomic E-state index is 13.6. The molecule has 0 fully saturated rings. The van der Waals surface area contributed by atoms with E-state index in [2.05, 4.69) is 20.6 Å². The molecule has 7 heteroatoms. The number of hydrogen-bond acceptors (Lipinski definition) is 4. The average molecular weight is 357 g/mol. The Morgan fingerprint density at radius 2 is 1.92 bits per heavy atom. The third kappa shape index (κ3) is 4.10. The number of nitrogens with one attached hydrogen (secondary N) is 2. The standard InChI is InChI=1S/C18H14ClFN4O/c1-11-6-7-12(19)10-16(11)24-18-21-9-8-15(23-18)17(25)22-14-5-3-2-4-13(14)20/h2-10H,1H3,(H,22,25)(H,21,23,24). The van der Waals surface area contributed by atoms with Gasteiger partial charge in [-0.2, -0.15) is 0 Å². The third-order valence-electron chi connectivity index (χ3n) is 3.46. The second-order valence-corrected chi connectivity index (χ2v) is 5.72. The molecule has 5 nitrogen and oxygen atoms in total. The summed E-state index contributed by atoms with van der Waals surface area (Å²) in [7, 11) is 0. The van der Waals surface area contributed by atoms with Crippen LogP contribution in [0.5, 0.6) is 0 Å². The summed E-state index contributed by atoms with van der Waals surface area (Å²) >= 11 is 5.99. The van der Waals surface area contributed by atoms with Crippen molar-refractivity contribution in [2.24, 2.45) is 0 Å². The number of hydrogen-bond donors (Lipinski definition) is 2.